The van der Waals surface area contributed by atoms with Crippen molar-refractivity contribution in [2.45, 2.75) is 17.7 Å². The zero-order chi connectivity index (χ0) is 18.0. The van der Waals surface area contributed by atoms with Crippen molar-refractivity contribution in [1.29, 1.82) is 0 Å². The van der Waals surface area contributed by atoms with Gasteiger partial charge in [0.15, 0.2) is 0 Å². The molecule has 0 aromatic heterocycles. The van der Waals surface area contributed by atoms with Crippen molar-refractivity contribution in [3.63, 3.8) is 0 Å². The van der Waals surface area contributed by atoms with E-state index in [2.05, 4.69) is 5.32 Å². The maximum atomic E-state index is 12.7. The van der Waals surface area contributed by atoms with Gasteiger partial charge in [0.2, 0.25) is 15.9 Å². The second-order valence-electron chi connectivity index (χ2n) is 5.95. The first-order valence-corrected chi connectivity index (χ1v) is 9.42. The number of nitrogens with zero attached hydrogens (tertiary/aromatic N) is 1. The van der Waals surface area contributed by atoms with Crippen LogP contribution in [-0.4, -0.2) is 38.8 Å². The molecule has 3 rings (SSSR count). The number of hydrogen-bond donors (Lipinski definition) is 1. The summed E-state index contributed by atoms with van der Waals surface area (Å²) in [6.07, 6.45) is 0. The van der Waals surface area contributed by atoms with Gasteiger partial charge in [0.25, 0.3) is 0 Å². The lowest BCUT2D eigenvalue weighted by atomic mass is 10.0. The molecule has 2 aromatic rings. The van der Waals surface area contributed by atoms with E-state index in [1.54, 1.807) is 19.1 Å². The third-order valence-electron chi connectivity index (χ3n) is 4.27. The quantitative estimate of drug-likeness (QED) is 0.858. The molecule has 1 aliphatic heterocycles. The van der Waals surface area contributed by atoms with Crippen molar-refractivity contribution in [3.8, 4) is 5.75 Å². The minimum Gasteiger partial charge on any atom is -0.492 e. The summed E-state index contributed by atoms with van der Waals surface area (Å²) in [4.78, 5) is 11.9. The third-order valence-corrected chi connectivity index (χ3v) is 6.12. The van der Waals surface area contributed by atoms with Crippen LogP contribution in [0.4, 0.5) is 5.69 Å². The Morgan fingerprint density at radius 2 is 1.88 bits per heavy atom. The summed E-state index contributed by atoms with van der Waals surface area (Å²) in [6, 6.07) is 14.0. The summed E-state index contributed by atoms with van der Waals surface area (Å²) >= 11 is 0. The normalized spacial score (nSPS) is 16.6. The molecule has 0 spiro atoms. The van der Waals surface area contributed by atoms with Crippen molar-refractivity contribution >= 4 is 21.6 Å². The minimum absolute atomic E-state index is 0.117. The van der Waals surface area contributed by atoms with Crippen LogP contribution in [0.1, 0.15) is 18.4 Å². The highest BCUT2D eigenvalue weighted by Crippen LogP contribution is 2.34. The molecule has 132 valence electrons. The first kappa shape index (κ1) is 17.4. The van der Waals surface area contributed by atoms with Gasteiger partial charge in [-0.3, -0.25) is 4.79 Å². The average Bonchev–Trinajstić information content (AvgIpc) is 2.89. The van der Waals surface area contributed by atoms with E-state index in [9.17, 15) is 13.2 Å². The van der Waals surface area contributed by atoms with Gasteiger partial charge < -0.3 is 10.1 Å². The minimum atomic E-state index is -3.64. The van der Waals surface area contributed by atoms with Gasteiger partial charge in [-0.05, 0) is 42.8 Å². The molecule has 1 aliphatic rings. The van der Waals surface area contributed by atoms with Gasteiger partial charge in [0, 0.05) is 19.3 Å². The first-order chi connectivity index (χ1) is 11.9. The average molecular weight is 360 g/mol. The van der Waals surface area contributed by atoms with E-state index >= 15 is 0 Å². The maximum absolute atomic E-state index is 12.7. The van der Waals surface area contributed by atoms with Crippen LogP contribution in [0.5, 0.6) is 5.75 Å². The lowest BCUT2D eigenvalue weighted by molar-refractivity contribution is -0.116. The van der Waals surface area contributed by atoms with Crippen molar-refractivity contribution in [2.75, 3.05) is 25.5 Å². The largest absolute Gasteiger partial charge is 0.492 e. The maximum Gasteiger partial charge on any atom is 0.242 e. The lowest BCUT2D eigenvalue weighted by Crippen LogP contribution is -2.31. The molecule has 6 nitrogen and oxygen atoms in total. The number of carbonyl (C=O) groups is 1. The summed E-state index contributed by atoms with van der Waals surface area (Å²) in [6.45, 7) is 2.23. The molecular formula is C18H20N2O4S. The van der Waals surface area contributed by atoms with E-state index in [0.717, 1.165) is 0 Å². The molecule has 7 heteroatoms. The third kappa shape index (κ3) is 3.52. The molecule has 0 radical (unpaired) electrons. The van der Waals surface area contributed by atoms with Crippen LogP contribution in [0.2, 0.25) is 0 Å². The van der Waals surface area contributed by atoms with Gasteiger partial charge in [-0.25, -0.2) is 8.42 Å². The van der Waals surface area contributed by atoms with E-state index < -0.39 is 10.0 Å². The van der Waals surface area contributed by atoms with Gasteiger partial charge in [-0.15, -0.1) is 0 Å². The second-order valence-corrected chi connectivity index (χ2v) is 7.99. The van der Waals surface area contributed by atoms with Gasteiger partial charge in [-0.1, -0.05) is 18.2 Å². The molecule has 2 aromatic carbocycles. The van der Waals surface area contributed by atoms with Crippen LogP contribution in [-0.2, 0) is 14.8 Å². The molecule has 1 amide bonds. The Morgan fingerprint density at radius 1 is 1.16 bits per heavy atom. The number of fused-ring (bicyclic) bond motifs is 1. The number of benzene rings is 2. The number of nitrogens with one attached hydrogen (secondary N) is 1. The monoisotopic (exact) mass is 360 g/mol. The van der Waals surface area contributed by atoms with Crippen LogP contribution in [0.15, 0.2) is 53.4 Å². The van der Waals surface area contributed by atoms with Crippen molar-refractivity contribution in [1.82, 2.24) is 4.31 Å². The number of amides is 1. The molecule has 0 unspecified atom stereocenters. The van der Waals surface area contributed by atoms with Crippen LogP contribution < -0.4 is 10.1 Å². The Balaban J connectivity index is 1.70. The summed E-state index contributed by atoms with van der Waals surface area (Å²) in [7, 11) is -2.12. The topological polar surface area (TPSA) is 75.7 Å². The molecule has 25 heavy (non-hydrogen) atoms. The molecule has 0 aliphatic carbocycles. The number of anilines is 1. The molecule has 0 fully saturated rings. The second kappa shape index (κ2) is 6.85. The van der Waals surface area contributed by atoms with E-state index in [1.807, 2.05) is 30.3 Å². The van der Waals surface area contributed by atoms with Crippen molar-refractivity contribution < 1.29 is 17.9 Å². The highest BCUT2D eigenvalue weighted by molar-refractivity contribution is 7.89. The Labute approximate surface area is 147 Å². The molecule has 1 atom stereocenters. The van der Waals surface area contributed by atoms with Gasteiger partial charge in [0.1, 0.15) is 12.4 Å². The summed E-state index contributed by atoms with van der Waals surface area (Å²) < 4.78 is 32.3. The van der Waals surface area contributed by atoms with Crippen LogP contribution in [0, 0.1) is 0 Å². The van der Waals surface area contributed by atoms with Crippen LogP contribution in [0.25, 0.3) is 0 Å². The predicted molar refractivity (Wildman–Crippen MR) is 95.2 cm³/mol. The fourth-order valence-corrected chi connectivity index (χ4v) is 3.86. The highest BCUT2D eigenvalue weighted by Gasteiger charge is 2.29. The Hall–Kier alpha value is -2.38. The van der Waals surface area contributed by atoms with Crippen molar-refractivity contribution in [2.24, 2.45) is 0 Å². The number of para-hydroxylation sites is 1. The number of hydrogen-bond acceptors (Lipinski definition) is 4. The standard InChI is InChI=1S/C18H20N2O4S/c1-13-16-12-15(8-9-17(16)19-18(13)21)25(22,23)20(2)10-11-24-14-6-4-3-5-7-14/h3-9,12-13H,10-11H2,1-2H3,(H,19,21)/t13-/m0/s1. The van der Waals surface area contributed by atoms with Crippen LogP contribution >= 0.6 is 0 Å². The zero-order valence-electron chi connectivity index (χ0n) is 14.1. The van der Waals surface area contributed by atoms with Gasteiger partial charge >= 0.3 is 0 Å². The molecule has 0 bridgehead atoms. The van der Waals surface area contributed by atoms with Gasteiger partial charge in [0.05, 0.1) is 10.8 Å². The number of carbonyl (C=O) groups excluding carboxylic acids is 1. The predicted octanol–water partition coefficient (Wildman–Crippen LogP) is 2.44. The molecular weight excluding hydrogens is 340 g/mol. The summed E-state index contributed by atoms with van der Waals surface area (Å²) in [5.41, 5.74) is 1.38. The first-order valence-electron chi connectivity index (χ1n) is 7.98. The fraction of sp³-hybridized carbons (Fsp3) is 0.278. The zero-order valence-corrected chi connectivity index (χ0v) is 14.9. The number of likely N-dealkylation sites (N-methyl/N-ethyl adjacent to an activating group) is 1. The van der Waals surface area contributed by atoms with E-state index in [0.29, 0.717) is 17.0 Å². The Morgan fingerprint density at radius 3 is 2.60 bits per heavy atom. The number of ether oxygens (including phenoxy) is 1. The highest BCUT2D eigenvalue weighted by atomic mass is 32.2. The van der Waals surface area contributed by atoms with Crippen molar-refractivity contribution in [3.05, 3.63) is 54.1 Å². The SMILES string of the molecule is C[C@@H]1C(=O)Nc2ccc(S(=O)(=O)N(C)CCOc3ccccc3)cc21. The molecule has 1 heterocycles. The Kier molecular flexibility index (Phi) is 4.78. The fourth-order valence-electron chi connectivity index (χ4n) is 2.66. The molecule has 0 saturated heterocycles. The van der Waals surface area contributed by atoms with E-state index in [1.165, 1.54) is 17.4 Å². The summed E-state index contributed by atoms with van der Waals surface area (Å²) in [5.74, 6) is 0.232. The lowest BCUT2D eigenvalue weighted by Gasteiger charge is -2.18. The number of rotatable bonds is 6. The van der Waals surface area contributed by atoms with E-state index in [4.69, 9.17) is 4.74 Å². The molecule has 0 saturated carbocycles. The van der Waals surface area contributed by atoms with E-state index in [-0.39, 0.29) is 29.9 Å². The molecule has 1 N–H and O–H groups in total. The van der Waals surface area contributed by atoms with Gasteiger partial charge in [-0.2, -0.15) is 4.31 Å². The van der Waals surface area contributed by atoms with Crippen LogP contribution in [0.3, 0.4) is 0 Å². The number of sulfonamides is 1. The smallest absolute Gasteiger partial charge is 0.242 e. The Bertz CT molecular complexity index is 881. The summed E-state index contributed by atoms with van der Waals surface area (Å²) in [5, 5.41) is 2.74.